The normalized spacial score (nSPS) is 15.3. The maximum atomic E-state index is 5.19. The van der Waals surface area contributed by atoms with Crippen LogP contribution in [0.15, 0.2) is 15.2 Å². The zero-order valence-electron chi connectivity index (χ0n) is 5.19. The lowest BCUT2D eigenvalue weighted by molar-refractivity contribution is 0.242. The van der Waals surface area contributed by atoms with E-state index < -0.39 is 0 Å². The number of rotatable bonds is 0. The Morgan fingerprint density at radius 1 is 1.60 bits per heavy atom. The molecule has 0 fully saturated rings. The van der Waals surface area contributed by atoms with Crippen molar-refractivity contribution in [3.05, 3.63) is 10.7 Å². The molecule has 10 heavy (non-hydrogen) atoms. The summed E-state index contributed by atoms with van der Waals surface area (Å²) in [4.78, 5) is 0. The van der Waals surface area contributed by atoms with E-state index in [1.807, 2.05) is 6.07 Å². The highest BCUT2D eigenvalue weighted by Crippen LogP contribution is 2.33. The lowest BCUT2D eigenvalue weighted by atomic mass is 10.4. The fourth-order valence-corrected chi connectivity index (χ4v) is 1.28. The molecule has 1 aliphatic rings. The Labute approximate surface area is 66.5 Å². The second kappa shape index (κ2) is 2.20. The summed E-state index contributed by atoms with van der Waals surface area (Å²) in [6.07, 6.45) is 0. The van der Waals surface area contributed by atoms with Gasteiger partial charge in [-0.2, -0.15) is 0 Å². The van der Waals surface area contributed by atoms with Gasteiger partial charge in [-0.1, -0.05) is 0 Å². The molecule has 0 amide bonds. The molecule has 0 bridgehead atoms. The summed E-state index contributed by atoms with van der Waals surface area (Å²) in [6, 6.07) is 1.86. The molecular weight excluding hydrogens is 198 g/mol. The number of ether oxygens (including phenoxy) is 1. The summed E-state index contributed by atoms with van der Waals surface area (Å²) in [7, 11) is 0. The molecule has 0 spiro atoms. The van der Waals surface area contributed by atoms with Crippen LogP contribution < -0.4 is 10.1 Å². The number of halogens is 1. The van der Waals surface area contributed by atoms with E-state index in [-0.39, 0.29) is 0 Å². The number of anilines is 1. The van der Waals surface area contributed by atoms with Crippen molar-refractivity contribution < 1.29 is 9.15 Å². The molecule has 0 unspecified atom stereocenters. The molecule has 0 radical (unpaired) electrons. The Bertz CT molecular complexity index is 222. The standard InChI is InChI=1S/C6H6BrNO2/c7-5-3-4-6(10-5)9-2-1-8-4/h3,8H,1-2H2. The van der Waals surface area contributed by atoms with Crippen molar-refractivity contribution in [2.24, 2.45) is 0 Å². The minimum atomic E-state index is 0.582. The summed E-state index contributed by atoms with van der Waals surface area (Å²) in [5.74, 6) is 0.582. The van der Waals surface area contributed by atoms with Crippen LogP contribution in [-0.2, 0) is 0 Å². The van der Waals surface area contributed by atoms with Crippen LogP contribution in [0, 0.1) is 0 Å². The van der Waals surface area contributed by atoms with Gasteiger partial charge in [0.25, 0.3) is 0 Å². The summed E-state index contributed by atoms with van der Waals surface area (Å²) in [5, 5.41) is 3.13. The average molecular weight is 204 g/mol. The largest absolute Gasteiger partial charge is 0.462 e. The van der Waals surface area contributed by atoms with Crippen molar-refractivity contribution >= 4 is 21.6 Å². The van der Waals surface area contributed by atoms with Gasteiger partial charge in [0.15, 0.2) is 4.67 Å². The molecule has 0 atom stereocenters. The van der Waals surface area contributed by atoms with Gasteiger partial charge < -0.3 is 14.5 Å². The maximum Gasteiger partial charge on any atom is 0.309 e. The highest BCUT2D eigenvalue weighted by molar-refractivity contribution is 9.10. The predicted octanol–water partition coefficient (Wildman–Crippen LogP) is 1.85. The Morgan fingerprint density at radius 2 is 2.50 bits per heavy atom. The van der Waals surface area contributed by atoms with Crippen LogP contribution in [0.4, 0.5) is 5.69 Å². The zero-order chi connectivity index (χ0) is 6.97. The van der Waals surface area contributed by atoms with E-state index in [1.165, 1.54) is 0 Å². The third-order valence-corrected chi connectivity index (χ3v) is 1.71. The molecule has 1 N–H and O–H groups in total. The van der Waals surface area contributed by atoms with E-state index in [0.717, 1.165) is 12.2 Å². The highest BCUT2D eigenvalue weighted by Gasteiger charge is 2.14. The molecule has 0 saturated carbocycles. The van der Waals surface area contributed by atoms with E-state index in [2.05, 4.69) is 21.2 Å². The average Bonchev–Trinajstić information content (AvgIpc) is 2.27. The van der Waals surface area contributed by atoms with E-state index in [9.17, 15) is 0 Å². The fourth-order valence-electron chi connectivity index (χ4n) is 0.905. The first-order chi connectivity index (χ1) is 4.86. The van der Waals surface area contributed by atoms with Crippen molar-refractivity contribution in [2.45, 2.75) is 0 Å². The summed E-state index contributed by atoms with van der Waals surface area (Å²) >= 11 is 3.21. The molecule has 0 aromatic carbocycles. The molecule has 2 heterocycles. The van der Waals surface area contributed by atoms with Crippen molar-refractivity contribution in [2.75, 3.05) is 18.5 Å². The Morgan fingerprint density at radius 3 is 3.30 bits per heavy atom. The third-order valence-electron chi connectivity index (χ3n) is 1.32. The van der Waals surface area contributed by atoms with Gasteiger partial charge in [-0.3, -0.25) is 0 Å². The second-order valence-corrected chi connectivity index (χ2v) is 2.81. The Kier molecular flexibility index (Phi) is 1.34. The van der Waals surface area contributed by atoms with E-state index in [4.69, 9.17) is 9.15 Å². The van der Waals surface area contributed by atoms with Gasteiger partial charge in [-0.05, 0) is 15.9 Å². The SMILES string of the molecule is Brc1cc2c(o1)OCCN2. The fraction of sp³-hybridized carbons (Fsp3) is 0.333. The molecule has 0 saturated heterocycles. The minimum Gasteiger partial charge on any atom is -0.462 e. The Balaban J connectivity index is 2.41. The lowest BCUT2D eigenvalue weighted by Crippen LogP contribution is -2.16. The number of hydrogen-bond donors (Lipinski definition) is 1. The smallest absolute Gasteiger partial charge is 0.309 e. The van der Waals surface area contributed by atoms with Crippen molar-refractivity contribution in [1.29, 1.82) is 0 Å². The van der Waals surface area contributed by atoms with E-state index >= 15 is 0 Å². The van der Waals surface area contributed by atoms with Gasteiger partial charge in [0, 0.05) is 12.6 Å². The second-order valence-electron chi connectivity index (χ2n) is 2.03. The molecule has 54 valence electrons. The Hall–Kier alpha value is -0.640. The number of hydrogen-bond acceptors (Lipinski definition) is 3. The van der Waals surface area contributed by atoms with Crippen LogP contribution >= 0.6 is 15.9 Å². The maximum absolute atomic E-state index is 5.19. The summed E-state index contributed by atoms with van der Waals surface area (Å²) in [5.41, 5.74) is 0.929. The molecule has 4 heteroatoms. The molecule has 2 rings (SSSR count). The summed E-state index contributed by atoms with van der Waals surface area (Å²) < 4.78 is 11.0. The molecule has 1 aromatic heterocycles. The van der Waals surface area contributed by atoms with E-state index in [0.29, 0.717) is 17.2 Å². The van der Waals surface area contributed by atoms with Crippen LogP contribution in [0.25, 0.3) is 0 Å². The number of nitrogens with one attached hydrogen (secondary N) is 1. The monoisotopic (exact) mass is 203 g/mol. The first-order valence-corrected chi connectivity index (χ1v) is 3.81. The van der Waals surface area contributed by atoms with Crippen LogP contribution in [0.1, 0.15) is 0 Å². The van der Waals surface area contributed by atoms with Gasteiger partial charge in [-0.25, -0.2) is 0 Å². The zero-order valence-corrected chi connectivity index (χ0v) is 6.77. The van der Waals surface area contributed by atoms with Crippen LogP contribution in [0.5, 0.6) is 5.95 Å². The van der Waals surface area contributed by atoms with Crippen LogP contribution in [0.3, 0.4) is 0 Å². The van der Waals surface area contributed by atoms with Gasteiger partial charge in [0.05, 0.1) is 0 Å². The van der Waals surface area contributed by atoms with Crippen molar-refractivity contribution in [1.82, 2.24) is 0 Å². The first-order valence-electron chi connectivity index (χ1n) is 3.02. The summed E-state index contributed by atoms with van der Waals surface area (Å²) in [6.45, 7) is 1.52. The highest BCUT2D eigenvalue weighted by atomic mass is 79.9. The van der Waals surface area contributed by atoms with Crippen molar-refractivity contribution in [3.8, 4) is 5.95 Å². The van der Waals surface area contributed by atoms with Gasteiger partial charge in [-0.15, -0.1) is 0 Å². The predicted molar refractivity (Wildman–Crippen MR) is 40.4 cm³/mol. The van der Waals surface area contributed by atoms with Gasteiger partial charge in [0.2, 0.25) is 0 Å². The molecule has 1 aliphatic heterocycles. The van der Waals surface area contributed by atoms with Gasteiger partial charge >= 0.3 is 5.95 Å². The molecule has 1 aromatic rings. The molecular formula is C6H6BrNO2. The molecule has 0 aliphatic carbocycles. The topological polar surface area (TPSA) is 34.4 Å². The quantitative estimate of drug-likeness (QED) is 0.700. The number of furan rings is 1. The molecule has 3 nitrogen and oxygen atoms in total. The van der Waals surface area contributed by atoms with Crippen molar-refractivity contribution in [3.63, 3.8) is 0 Å². The lowest BCUT2D eigenvalue weighted by Gasteiger charge is -2.12. The van der Waals surface area contributed by atoms with Crippen LogP contribution in [-0.4, -0.2) is 13.2 Å². The minimum absolute atomic E-state index is 0.582. The van der Waals surface area contributed by atoms with Crippen LogP contribution in [0.2, 0.25) is 0 Å². The third kappa shape index (κ3) is 0.883. The van der Waals surface area contributed by atoms with E-state index in [1.54, 1.807) is 0 Å². The van der Waals surface area contributed by atoms with Gasteiger partial charge in [0.1, 0.15) is 12.3 Å². The first kappa shape index (κ1) is 6.09. The number of fused-ring (bicyclic) bond motifs is 1.